The van der Waals surface area contributed by atoms with E-state index in [0.29, 0.717) is 6.04 Å². The fourth-order valence-electron chi connectivity index (χ4n) is 2.47. The van der Waals surface area contributed by atoms with E-state index in [1.807, 2.05) is 0 Å². The minimum atomic E-state index is 0. The van der Waals surface area contributed by atoms with E-state index in [9.17, 15) is 0 Å². The first-order valence-corrected chi connectivity index (χ1v) is 6.02. The zero-order valence-electron chi connectivity index (χ0n) is 9.48. The van der Waals surface area contributed by atoms with Crippen LogP contribution in [0.1, 0.15) is 30.9 Å². The van der Waals surface area contributed by atoms with Crippen molar-refractivity contribution in [3.05, 3.63) is 29.8 Å². The van der Waals surface area contributed by atoms with Gasteiger partial charge in [0.2, 0.25) is 0 Å². The van der Waals surface area contributed by atoms with Crippen LogP contribution in [0.2, 0.25) is 0 Å². The van der Waals surface area contributed by atoms with E-state index in [1.54, 1.807) is 0 Å². The fourth-order valence-corrected chi connectivity index (χ4v) is 2.47. The van der Waals surface area contributed by atoms with Crippen molar-refractivity contribution in [2.75, 3.05) is 24.5 Å². The van der Waals surface area contributed by atoms with Crippen LogP contribution in [0.4, 0.5) is 5.69 Å². The maximum atomic E-state index is 3.44. The molecule has 0 radical (unpaired) electrons. The number of rotatable bonds is 2. The topological polar surface area (TPSA) is 15.3 Å². The Morgan fingerprint density at radius 3 is 2.19 bits per heavy atom. The summed E-state index contributed by atoms with van der Waals surface area (Å²) >= 11 is 0. The van der Waals surface area contributed by atoms with Crippen LogP contribution in [-0.4, -0.2) is 19.6 Å². The summed E-state index contributed by atoms with van der Waals surface area (Å²) in [5.41, 5.74) is 2.85. The molecule has 88 valence electrons. The standard InChI is InChI=1S/C13H18N2.ClH/c1-2-10-15(9-1)12-5-3-11(4-6-12)13-7-8-14-13;/h3-6,13-14H,1-2,7-10H2;1H/t13-;/m0./s1. The van der Waals surface area contributed by atoms with Gasteiger partial charge in [0.15, 0.2) is 0 Å². The average molecular weight is 239 g/mol. The molecule has 0 spiro atoms. The molecule has 2 saturated heterocycles. The summed E-state index contributed by atoms with van der Waals surface area (Å²) in [7, 11) is 0. The van der Waals surface area contributed by atoms with Gasteiger partial charge in [0.25, 0.3) is 0 Å². The second kappa shape index (κ2) is 5.07. The predicted molar refractivity (Wildman–Crippen MR) is 70.5 cm³/mol. The van der Waals surface area contributed by atoms with Crippen LogP contribution in [0, 0.1) is 0 Å². The van der Waals surface area contributed by atoms with Crippen molar-refractivity contribution in [1.82, 2.24) is 5.32 Å². The van der Waals surface area contributed by atoms with E-state index in [2.05, 4.69) is 34.5 Å². The first-order chi connectivity index (χ1) is 7.43. The average Bonchev–Trinajstić information content (AvgIpc) is 2.69. The molecule has 16 heavy (non-hydrogen) atoms. The van der Waals surface area contributed by atoms with Gasteiger partial charge in [-0.3, -0.25) is 0 Å². The molecule has 1 N–H and O–H groups in total. The molecule has 3 heteroatoms. The minimum absolute atomic E-state index is 0. The fraction of sp³-hybridized carbons (Fsp3) is 0.538. The van der Waals surface area contributed by atoms with Crippen molar-refractivity contribution in [2.24, 2.45) is 0 Å². The van der Waals surface area contributed by atoms with E-state index >= 15 is 0 Å². The van der Waals surface area contributed by atoms with Gasteiger partial charge in [0, 0.05) is 24.8 Å². The molecule has 1 aromatic rings. The third-order valence-electron chi connectivity index (χ3n) is 3.59. The highest BCUT2D eigenvalue weighted by molar-refractivity contribution is 5.85. The van der Waals surface area contributed by atoms with Gasteiger partial charge in [-0.2, -0.15) is 0 Å². The number of hydrogen-bond donors (Lipinski definition) is 1. The summed E-state index contributed by atoms with van der Waals surface area (Å²) in [4.78, 5) is 2.48. The molecule has 3 rings (SSSR count). The van der Waals surface area contributed by atoms with E-state index in [0.717, 1.165) is 0 Å². The highest BCUT2D eigenvalue weighted by atomic mass is 35.5. The van der Waals surface area contributed by atoms with Crippen LogP contribution in [0.5, 0.6) is 0 Å². The summed E-state index contributed by atoms with van der Waals surface area (Å²) in [6.45, 7) is 3.65. The highest BCUT2D eigenvalue weighted by Crippen LogP contribution is 2.26. The molecular weight excluding hydrogens is 220 g/mol. The molecule has 0 bridgehead atoms. The SMILES string of the molecule is Cl.c1cc(N2CCCC2)ccc1[C@@H]1CCN1. The summed E-state index contributed by atoms with van der Waals surface area (Å²) in [6, 6.07) is 9.74. The molecular formula is C13H19ClN2. The quantitative estimate of drug-likeness (QED) is 0.853. The van der Waals surface area contributed by atoms with Crippen molar-refractivity contribution < 1.29 is 0 Å². The Hall–Kier alpha value is -0.730. The number of hydrogen-bond acceptors (Lipinski definition) is 2. The normalized spacial score (nSPS) is 23.8. The first kappa shape index (κ1) is 11.7. The van der Waals surface area contributed by atoms with Gasteiger partial charge in [-0.15, -0.1) is 12.4 Å². The lowest BCUT2D eigenvalue weighted by Gasteiger charge is -2.28. The van der Waals surface area contributed by atoms with E-state index < -0.39 is 0 Å². The van der Waals surface area contributed by atoms with Crippen molar-refractivity contribution in [1.29, 1.82) is 0 Å². The van der Waals surface area contributed by atoms with Gasteiger partial charge in [-0.1, -0.05) is 12.1 Å². The van der Waals surface area contributed by atoms with Crippen LogP contribution in [0.3, 0.4) is 0 Å². The minimum Gasteiger partial charge on any atom is -0.372 e. The van der Waals surface area contributed by atoms with Crippen LogP contribution < -0.4 is 10.2 Å². The summed E-state index contributed by atoms with van der Waals surface area (Å²) in [5, 5.41) is 3.44. The van der Waals surface area contributed by atoms with Gasteiger partial charge in [0.1, 0.15) is 0 Å². The number of halogens is 1. The largest absolute Gasteiger partial charge is 0.372 e. The highest BCUT2D eigenvalue weighted by Gasteiger charge is 2.18. The molecule has 0 amide bonds. The van der Waals surface area contributed by atoms with Crippen molar-refractivity contribution in [3.63, 3.8) is 0 Å². The molecule has 0 saturated carbocycles. The molecule has 2 nitrogen and oxygen atoms in total. The molecule has 2 heterocycles. The number of benzene rings is 1. The molecule has 1 atom stereocenters. The first-order valence-electron chi connectivity index (χ1n) is 6.02. The zero-order chi connectivity index (χ0) is 10.1. The maximum absolute atomic E-state index is 3.44. The molecule has 2 aliphatic heterocycles. The van der Waals surface area contributed by atoms with Gasteiger partial charge < -0.3 is 10.2 Å². The lowest BCUT2D eigenvalue weighted by Crippen LogP contribution is -2.34. The van der Waals surface area contributed by atoms with E-state index in [4.69, 9.17) is 0 Å². The number of anilines is 1. The third kappa shape index (κ3) is 2.18. The Morgan fingerprint density at radius 1 is 1.06 bits per heavy atom. The molecule has 0 aliphatic carbocycles. The Labute approximate surface area is 103 Å². The predicted octanol–water partition coefficient (Wildman–Crippen LogP) is 2.74. The smallest absolute Gasteiger partial charge is 0.0366 e. The van der Waals surface area contributed by atoms with Gasteiger partial charge in [-0.05, 0) is 43.5 Å². The third-order valence-corrected chi connectivity index (χ3v) is 3.59. The second-order valence-electron chi connectivity index (χ2n) is 4.58. The maximum Gasteiger partial charge on any atom is 0.0366 e. The van der Waals surface area contributed by atoms with Crippen molar-refractivity contribution >= 4 is 18.1 Å². The van der Waals surface area contributed by atoms with Crippen LogP contribution in [0.15, 0.2) is 24.3 Å². The zero-order valence-corrected chi connectivity index (χ0v) is 10.3. The molecule has 2 aliphatic rings. The van der Waals surface area contributed by atoms with Crippen molar-refractivity contribution in [3.8, 4) is 0 Å². The molecule has 0 unspecified atom stereocenters. The van der Waals surface area contributed by atoms with Crippen LogP contribution >= 0.6 is 12.4 Å². The van der Waals surface area contributed by atoms with Gasteiger partial charge >= 0.3 is 0 Å². The van der Waals surface area contributed by atoms with Gasteiger partial charge in [-0.25, -0.2) is 0 Å². The Balaban J connectivity index is 0.000000963. The van der Waals surface area contributed by atoms with E-state index in [-0.39, 0.29) is 12.4 Å². The lowest BCUT2D eigenvalue weighted by atomic mass is 9.98. The van der Waals surface area contributed by atoms with Crippen LogP contribution in [0.25, 0.3) is 0 Å². The Kier molecular flexibility index (Phi) is 3.72. The van der Waals surface area contributed by atoms with Crippen LogP contribution in [-0.2, 0) is 0 Å². The van der Waals surface area contributed by atoms with Gasteiger partial charge in [0.05, 0.1) is 0 Å². The van der Waals surface area contributed by atoms with Crippen molar-refractivity contribution in [2.45, 2.75) is 25.3 Å². The Morgan fingerprint density at radius 2 is 1.69 bits per heavy atom. The molecule has 2 fully saturated rings. The van der Waals surface area contributed by atoms with E-state index in [1.165, 1.54) is 50.1 Å². The number of nitrogens with one attached hydrogen (secondary N) is 1. The second-order valence-corrected chi connectivity index (χ2v) is 4.58. The summed E-state index contributed by atoms with van der Waals surface area (Å²) in [6.07, 6.45) is 4.00. The monoisotopic (exact) mass is 238 g/mol. The number of nitrogens with zero attached hydrogens (tertiary/aromatic N) is 1. The lowest BCUT2D eigenvalue weighted by molar-refractivity contribution is 0.383. The Bertz CT molecular complexity index is 326. The summed E-state index contributed by atoms with van der Waals surface area (Å²) in [5.74, 6) is 0. The molecule has 0 aromatic heterocycles. The summed E-state index contributed by atoms with van der Waals surface area (Å²) < 4.78 is 0. The molecule has 1 aromatic carbocycles.